The SMILES string of the molecule is CON=C/C(C)=N/Oc1ncncc1N(OC)C(=O)OC. The van der Waals surface area contributed by atoms with Gasteiger partial charge in [0.15, 0.2) is 5.69 Å². The number of rotatable bonds is 6. The Morgan fingerprint density at radius 1 is 1.38 bits per heavy atom. The number of hydroxylamine groups is 1. The van der Waals surface area contributed by atoms with Crippen LogP contribution in [0.1, 0.15) is 6.92 Å². The van der Waals surface area contributed by atoms with Crippen LogP contribution in [0, 0.1) is 0 Å². The number of oxime groups is 2. The van der Waals surface area contributed by atoms with Crippen molar-refractivity contribution < 1.29 is 24.0 Å². The van der Waals surface area contributed by atoms with Crippen LogP contribution < -0.4 is 9.90 Å². The molecule has 0 unspecified atom stereocenters. The number of carbonyl (C=O) groups is 1. The lowest BCUT2D eigenvalue weighted by Gasteiger charge is -2.18. The van der Waals surface area contributed by atoms with Gasteiger partial charge >= 0.3 is 6.09 Å². The zero-order valence-electron chi connectivity index (χ0n) is 12.0. The van der Waals surface area contributed by atoms with E-state index in [0.29, 0.717) is 5.71 Å². The van der Waals surface area contributed by atoms with Gasteiger partial charge in [-0.25, -0.2) is 9.78 Å². The zero-order valence-corrected chi connectivity index (χ0v) is 12.0. The normalized spacial score (nSPS) is 11.3. The molecule has 1 amide bonds. The molecular weight excluding hydrogens is 282 g/mol. The number of anilines is 1. The Bertz CT molecular complexity index is 533. The van der Waals surface area contributed by atoms with Gasteiger partial charge in [0.1, 0.15) is 13.4 Å². The molecule has 0 atom stereocenters. The molecule has 1 heterocycles. The van der Waals surface area contributed by atoms with E-state index in [9.17, 15) is 4.79 Å². The maximum atomic E-state index is 11.6. The summed E-state index contributed by atoms with van der Waals surface area (Å²) >= 11 is 0. The summed E-state index contributed by atoms with van der Waals surface area (Å²) in [4.78, 5) is 33.8. The molecule has 0 aromatic carbocycles. The minimum atomic E-state index is -0.765. The fourth-order valence-corrected chi connectivity index (χ4v) is 1.14. The van der Waals surface area contributed by atoms with Gasteiger partial charge in [-0.3, -0.25) is 4.84 Å². The number of ether oxygens (including phenoxy) is 1. The van der Waals surface area contributed by atoms with E-state index in [1.807, 2.05) is 0 Å². The molecule has 1 rings (SSSR count). The molecule has 0 saturated carbocycles. The Balaban J connectivity index is 2.98. The van der Waals surface area contributed by atoms with Crippen molar-refractivity contribution in [3.8, 4) is 5.88 Å². The van der Waals surface area contributed by atoms with Crippen molar-refractivity contribution in [3.05, 3.63) is 12.5 Å². The second-order valence-corrected chi connectivity index (χ2v) is 3.40. The highest BCUT2D eigenvalue weighted by Crippen LogP contribution is 2.25. The van der Waals surface area contributed by atoms with Crippen molar-refractivity contribution in [2.45, 2.75) is 6.92 Å². The van der Waals surface area contributed by atoms with E-state index >= 15 is 0 Å². The van der Waals surface area contributed by atoms with Crippen LogP contribution in [0.5, 0.6) is 5.88 Å². The van der Waals surface area contributed by atoms with E-state index in [4.69, 9.17) is 9.68 Å². The van der Waals surface area contributed by atoms with E-state index in [2.05, 4.69) is 29.9 Å². The molecule has 0 fully saturated rings. The summed E-state index contributed by atoms with van der Waals surface area (Å²) in [5, 5.41) is 8.10. The number of hydrogen-bond donors (Lipinski definition) is 0. The van der Waals surface area contributed by atoms with Gasteiger partial charge in [0.05, 0.1) is 32.3 Å². The van der Waals surface area contributed by atoms with Gasteiger partial charge in [0.25, 0.3) is 5.88 Å². The molecule has 0 aliphatic carbocycles. The third-order valence-electron chi connectivity index (χ3n) is 2.02. The molecule has 1 aromatic heterocycles. The minimum Gasteiger partial charge on any atom is -0.451 e. The smallest absolute Gasteiger partial charge is 0.438 e. The van der Waals surface area contributed by atoms with Crippen LogP contribution in [-0.4, -0.2) is 49.3 Å². The highest BCUT2D eigenvalue weighted by molar-refractivity contribution is 6.29. The van der Waals surface area contributed by atoms with Crippen molar-refractivity contribution in [1.82, 2.24) is 9.97 Å². The maximum Gasteiger partial charge on any atom is 0.438 e. The highest BCUT2D eigenvalue weighted by atomic mass is 16.7. The first kappa shape index (κ1) is 16.3. The van der Waals surface area contributed by atoms with Gasteiger partial charge < -0.3 is 14.4 Å². The third-order valence-corrected chi connectivity index (χ3v) is 2.02. The lowest BCUT2D eigenvalue weighted by Crippen LogP contribution is -2.30. The Hall–Kier alpha value is -2.75. The van der Waals surface area contributed by atoms with Gasteiger partial charge in [0, 0.05) is 0 Å². The molecule has 10 nitrogen and oxygen atoms in total. The van der Waals surface area contributed by atoms with Crippen molar-refractivity contribution in [1.29, 1.82) is 0 Å². The molecule has 1 aromatic rings. The monoisotopic (exact) mass is 297 g/mol. The van der Waals surface area contributed by atoms with Crippen molar-refractivity contribution >= 4 is 23.7 Å². The maximum absolute atomic E-state index is 11.6. The van der Waals surface area contributed by atoms with Crippen LogP contribution in [0.3, 0.4) is 0 Å². The van der Waals surface area contributed by atoms with Crippen LogP contribution in [0.25, 0.3) is 0 Å². The Kier molecular flexibility index (Phi) is 6.54. The molecule has 21 heavy (non-hydrogen) atoms. The lowest BCUT2D eigenvalue weighted by atomic mass is 10.5. The van der Waals surface area contributed by atoms with Crippen LogP contribution in [0.2, 0.25) is 0 Å². The molecule has 0 spiro atoms. The highest BCUT2D eigenvalue weighted by Gasteiger charge is 2.22. The number of methoxy groups -OCH3 is 1. The lowest BCUT2D eigenvalue weighted by molar-refractivity contribution is 0.114. The van der Waals surface area contributed by atoms with Crippen LogP contribution in [0.4, 0.5) is 10.5 Å². The second-order valence-electron chi connectivity index (χ2n) is 3.40. The van der Waals surface area contributed by atoms with Gasteiger partial charge in [0.2, 0.25) is 0 Å². The standard InChI is InChI=1S/C11H15N5O5/c1-8(5-14-19-3)15-21-10-9(6-12-7-13-10)16(20-4)11(17)18-2/h5-7H,1-4H3/b14-5?,15-8+. The molecule has 0 N–H and O–H groups in total. The van der Waals surface area contributed by atoms with E-state index in [0.717, 1.165) is 5.06 Å². The molecule has 0 aliphatic heterocycles. The molecule has 10 heteroatoms. The van der Waals surface area contributed by atoms with Gasteiger partial charge in [-0.1, -0.05) is 10.3 Å². The number of amides is 1. The molecule has 0 aliphatic rings. The first-order valence-corrected chi connectivity index (χ1v) is 5.64. The number of aromatic nitrogens is 2. The summed E-state index contributed by atoms with van der Waals surface area (Å²) < 4.78 is 4.57. The van der Waals surface area contributed by atoms with E-state index in [1.165, 1.54) is 40.1 Å². The summed E-state index contributed by atoms with van der Waals surface area (Å²) in [7, 11) is 3.90. The Morgan fingerprint density at radius 2 is 2.14 bits per heavy atom. The minimum absolute atomic E-state index is 0.00224. The third kappa shape index (κ3) is 4.69. The fourth-order valence-electron chi connectivity index (χ4n) is 1.14. The zero-order chi connectivity index (χ0) is 15.7. The van der Waals surface area contributed by atoms with E-state index < -0.39 is 6.09 Å². The Morgan fingerprint density at radius 3 is 2.76 bits per heavy atom. The van der Waals surface area contributed by atoms with Crippen molar-refractivity contribution in [2.75, 3.05) is 26.4 Å². The Labute approximate surface area is 120 Å². The summed E-state index contributed by atoms with van der Waals surface area (Å²) in [6.07, 6.45) is 3.13. The van der Waals surface area contributed by atoms with E-state index in [1.54, 1.807) is 6.92 Å². The molecule has 114 valence electrons. The molecule has 0 saturated heterocycles. The topological polar surface area (TPSA) is 108 Å². The molecule has 0 radical (unpaired) electrons. The first-order chi connectivity index (χ1) is 10.1. The summed E-state index contributed by atoms with van der Waals surface area (Å²) in [5.41, 5.74) is 0.551. The first-order valence-electron chi connectivity index (χ1n) is 5.64. The largest absolute Gasteiger partial charge is 0.451 e. The second kappa shape index (κ2) is 8.43. The number of carbonyl (C=O) groups excluding carboxylic acids is 1. The fraction of sp³-hybridized carbons (Fsp3) is 0.364. The van der Waals surface area contributed by atoms with Crippen molar-refractivity contribution in [3.63, 3.8) is 0 Å². The van der Waals surface area contributed by atoms with Crippen molar-refractivity contribution in [2.24, 2.45) is 10.3 Å². The predicted octanol–water partition coefficient (Wildman–Crippen LogP) is 0.998. The average Bonchev–Trinajstić information content (AvgIpc) is 2.52. The number of nitrogens with zero attached hydrogens (tertiary/aromatic N) is 5. The van der Waals surface area contributed by atoms with Crippen LogP contribution in [-0.2, 0) is 14.4 Å². The number of hydrogen-bond acceptors (Lipinski definition) is 9. The van der Waals surface area contributed by atoms with E-state index in [-0.39, 0.29) is 11.6 Å². The van der Waals surface area contributed by atoms with Crippen LogP contribution in [0.15, 0.2) is 22.8 Å². The summed E-state index contributed by atoms with van der Waals surface area (Å²) in [5.74, 6) is 0.00224. The quantitative estimate of drug-likeness (QED) is 0.569. The van der Waals surface area contributed by atoms with Crippen LogP contribution >= 0.6 is 0 Å². The van der Waals surface area contributed by atoms with Gasteiger partial charge in [-0.2, -0.15) is 4.98 Å². The van der Waals surface area contributed by atoms with Gasteiger partial charge in [-0.05, 0) is 6.92 Å². The van der Waals surface area contributed by atoms with Gasteiger partial charge in [-0.15, -0.1) is 5.06 Å². The average molecular weight is 297 g/mol. The molecular formula is C11H15N5O5. The summed E-state index contributed by atoms with van der Waals surface area (Å²) in [6, 6.07) is 0. The predicted molar refractivity (Wildman–Crippen MR) is 73.2 cm³/mol. The molecule has 0 bridgehead atoms. The summed E-state index contributed by atoms with van der Waals surface area (Å²) in [6.45, 7) is 1.64.